The second-order valence-corrected chi connectivity index (χ2v) is 9.73. The van der Waals surface area contributed by atoms with E-state index in [1.165, 1.54) is 50.1 Å². The van der Waals surface area contributed by atoms with Gasteiger partial charge in [0.05, 0.1) is 12.3 Å². The van der Waals surface area contributed by atoms with Crippen molar-refractivity contribution in [3.63, 3.8) is 0 Å². The molecule has 0 aromatic heterocycles. The van der Waals surface area contributed by atoms with Crippen LogP contribution >= 0.6 is 0 Å². The Kier molecular flexibility index (Phi) is 7.65. The largest absolute Gasteiger partial charge is 0.357 e. The zero-order valence-electron chi connectivity index (χ0n) is 16.6. The molecule has 0 radical (unpaired) electrons. The van der Waals surface area contributed by atoms with Crippen molar-refractivity contribution >= 4 is 15.8 Å². The second kappa shape index (κ2) is 9.53. The van der Waals surface area contributed by atoms with Crippen LogP contribution in [0.15, 0.2) is 23.2 Å². The maximum absolute atomic E-state index is 13.7. The van der Waals surface area contributed by atoms with Gasteiger partial charge in [-0.15, -0.1) is 0 Å². The summed E-state index contributed by atoms with van der Waals surface area (Å²) in [4.78, 5) is 4.57. The van der Waals surface area contributed by atoms with Gasteiger partial charge in [-0.05, 0) is 54.9 Å². The Morgan fingerprint density at radius 1 is 1.19 bits per heavy atom. The molecule has 0 unspecified atom stereocenters. The zero-order valence-corrected chi connectivity index (χ0v) is 17.5. The maximum atomic E-state index is 13.7. The summed E-state index contributed by atoms with van der Waals surface area (Å²) >= 11 is 0. The van der Waals surface area contributed by atoms with Gasteiger partial charge in [0.1, 0.15) is 5.82 Å². The topological polar surface area (TPSA) is 70.6 Å². The number of aliphatic imine (C=N–C) groups is 1. The molecule has 0 spiro atoms. The standard InChI is InChI=1S/C20H32FN3O2S/c1-4-20(10-6-7-11-20)15-24-19(22-5-2)23-13-17-12-18(21)9-8-16(17)14-27(3,25)26/h8-9,12H,4-7,10-11,13-15H2,1-3H3,(H2,22,23,24). The number of nitrogens with one attached hydrogen (secondary N) is 2. The summed E-state index contributed by atoms with van der Waals surface area (Å²) in [6, 6.07) is 4.20. The highest BCUT2D eigenvalue weighted by molar-refractivity contribution is 7.89. The lowest BCUT2D eigenvalue weighted by Gasteiger charge is -2.28. The van der Waals surface area contributed by atoms with Crippen molar-refractivity contribution in [1.82, 2.24) is 10.6 Å². The van der Waals surface area contributed by atoms with Gasteiger partial charge >= 0.3 is 0 Å². The van der Waals surface area contributed by atoms with Crippen molar-refractivity contribution in [2.75, 3.05) is 19.3 Å². The summed E-state index contributed by atoms with van der Waals surface area (Å²) in [5, 5.41) is 6.66. The molecule has 0 saturated heterocycles. The molecule has 1 aliphatic rings. The Bertz CT molecular complexity index is 756. The van der Waals surface area contributed by atoms with Crippen LogP contribution in [0.2, 0.25) is 0 Å². The first-order valence-corrected chi connectivity index (χ1v) is 11.8. The molecular weight excluding hydrogens is 365 g/mol. The van der Waals surface area contributed by atoms with Crippen molar-refractivity contribution in [1.29, 1.82) is 0 Å². The van der Waals surface area contributed by atoms with Crippen molar-refractivity contribution < 1.29 is 12.8 Å². The molecule has 0 amide bonds. The number of rotatable bonds is 8. The maximum Gasteiger partial charge on any atom is 0.191 e. The summed E-state index contributed by atoms with van der Waals surface area (Å²) in [6.45, 7) is 6.07. The number of guanidine groups is 1. The predicted molar refractivity (Wildman–Crippen MR) is 109 cm³/mol. The van der Waals surface area contributed by atoms with Crippen LogP contribution in [0.5, 0.6) is 0 Å². The van der Waals surface area contributed by atoms with E-state index in [4.69, 9.17) is 0 Å². The van der Waals surface area contributed by atoms with Gasteiger partial charge in [-0.1, -0.05) is 25.8 Å². The number of nitrogens with zero attached hydrogens (tertiary/aromatic N) is 1. The van der Waals surface area contributed by atoms with Gasteiger partial charge in [-0.3, -0.25) is 0 Å². The number of halogens is 1. The Balaban J connectivity index is 2.13. The van der Waals surface area contributed by atoms with E-state index < -0.39 is 9.84 Å². The first kappa shape index (κ1) is 21.7. The van der Waals surface area contributed by atoms with E-state index >= 15 is 0 Å². The molecule has 1 aromatic carbocycles. The molecule has 0 heterocycles. The predicted octanol–water partition coefficient (Wildman–Crippen LogP) is 3.40. The molecule has 2 N–H and O–H groups in total. The molecule has 0 aliphatic heterocycles. The SMILES string of the molecule is CCNC(=NCc1cc(F)ccc1CS(C)(=O)=O)NCC1(CC)CCCC1. The number of hydrogen-bond acceptors (Lipinski definition) is 3. The minimum absolute atomic E-state index is 0.110. The molecule has 7 heteroatoms. The Hall–Kier alpha value is -1.63. The van der Waals surface area contributed by atoms with Gasteiger partial charge in [0.25, 0.3) is 0 Å². The van der Waals surface area contributed by atoms with E-state index in [0.29, 0.717) is 22.5 Å². The molecule has 5 nitrogen and oxygen atoms in total. The van der Waals surface area contributed by atoms with Crippen LogP contribution in [-0.4, -0.2) is 33.7 Å². The van der Waals surface area contributed by atoms with Gasteiger partial charge in [0.2, 0.25) is 0 Å². The first-order chi connectivity index (χ1) is 12.8. The van der Waals surface area contributed by atoms with E-state index in [9.17, 15) is 12.8 Å². The monoisotopic (exact) mass is 397 g/mol. The van der Waals surface area contributed by atoms with Crippen LogP contribution < -0.4 is 10.6 Å². The third-order valence-electron chi connectivity index (χ3n) is 5.38. The fourth-order valence-electron chi connectivity index (χ4n) is 3.72. The van der Waals surface area contributed by atoms with E-state index in [-0.39, 0.29) is 18.1 Å². The van der Waals surface area contributed by atoms with Gasteiger partial charge in [0, 0.05) is 19.3 Å². The molecule has 1 saturated carbocycles. The summed E-state index contributed by atoms with van der Waals surface area (Å²) in [5.74, 6) is 0.194. The summed E-state index contributed by atoms with van der Waals surface area (Å²) < 4.78 is 37.0. The van der Waals surface area contributed by atoms with Crippen molar-refractivity contribution in [3.8, 4) is 0 Å². The summed E-state index contributed by atoms with van der Waals surface area (Å²) in [5.41, 5.74) is 1.53. The molecule has 2 rings (SSSR count). The molecule has 1 fully saturated rings. The number of sulfone groups is 1. The third kappa shape index (κ3) is 6.79. The van der Waals surface area contributed by atoms with E-state index in [0.717, 1.165) is 19.5 Å². The lowest BCUT2D eigenvalue weighted by atomic mass is 9.83. The van der Waals surface area contributed by atoms with Gasteiger partial charge in [0.15, 0.2) is 15.8 Å². The number of benzene rings is 1. The third-order valence-corrected chi connectivity index (χ3v) is 6.22. The van der Waals surface area contributed by atoms with Gasteiger partial charge in [-0.2, -0.15) is 0 Å². The second-order valence-electron chi connectivity index (χ2n) is 7.59. The van der Waals surface area contributed by atoms with E-state index in [2.05, 4.69) is 22.5 Å². The normalized spacial score (nSPS) is 17.1. The fourth-order valence-corrected chi connectivity index (χ4v) is 4.57. The molecule has 0 atom stereocenters. The van der Waals surface area contributed by atoms with Crippen LogP contribution in [0.25, 0.3) is 0 Å². The fraction of sp³-hybridized carbons (Fsp3) is 0.650. The highest BCUT2D eigenvalue weighted by Crippen LogP contribution is 2.40. The number of hydrogen-bond donors (Lipinski definition) is 2. The van der Waals surface area contributed by atoms with Gasteiger partial charge < -0.3 is 10.6 Å². The highest BCUT2D eigenvalue weighted by Gasteiger charge is 2.31. The van der Waals surface area contributed by atoms with Crippen LogP contribution in [-0.2, 0) is 22.1 Å². The molecule has 152 valence electrons. The molecule has 1 aliphatic carbocycles. The lowest BCUT2D eigenvalue weighted by molar-refractivity contribution is 0.283. The van der Waals surface area contributed by atoms with Gasteiger partial charge in [-0.25, -0.2) is 17.8 Å². The highest BCUT2D eigenvalue weighted by atomic mass is 32.2. The Morgan fingerprint density at radius 2 is 1.89 bits per heavy atom. The lowest BCUT2D eigenvalue weighted by Crippen LogP contribution is -2.42. The van der Waals surface area contributed by atoms with Crippen molar-refractivity contribution in [2.45, 2.75) is 58.2 Å². The van der Waals surface area contributed by atoms with Crippen molar-refractivity contribution in [3.05, 3.63) is 35.1 Å². The molecule has 0 bridgehead atoms. The zero-order chi connectivity index (χ0) is 19.9. The molecule has 27 heavy (non-hydrogen) atoms. The van der Waals surface area contributed by atoms with Crippen LogP contribution in [0.3, 0.4) is 0 Å². The minimum Gasteiger partial charge on any atom is -0.357 e. The Morgan fingerprint density at radius 3 is 2.48 bits per heavy atom. The first-order valence-electron chi connectivity index (χ1n) is 9.74. The average molecular weight is 398 g/mol. The smallest absolute Gasteiger partial charge is 0.191 e. The minimum atomic E-state index is -3.20. The van der Waals surface area contributed by atoms with E-state index in [1.807, 2.05) is 6.92 Å². The summed E-state index contributed by atoms with van der Waals surface area (Å²) in [6.07, 6.45) is 7.35. The Labute approximate surface area is 162 Å². The quantitative estimate of drug-likeness (QED) is 0.521. The van der Waals surface area contributed by atoms with Crippen LogP contribution in [0, 0.1) is 11.2 Å². The summed E-state index contributed by atoms with van der Waals surface area (Å²) in [7, 11) is -3.20. The molecular formula is C20H32FN3O2S. The van der Waals surface area contributed by atoms with Crippen LogP contribution in [0.1, 0.15) is 57.1 Å². The molecule has 1 aromatic rings. The van der Waals surface area contributed by atoms with E-state index in [1.54, 1.807) is 0 Å². The average Bonchev–Trinajstić information content (AvgIpc) is 3.08. The van der Waals surface area contributed by atoms with Crippen molar-refractivity contribution in [2.24, 2.45) is 10.4 Å². The van der Waals surface area contributed by atoms with Crippen LogP contribution in [0.4, 0.5) is 4.39 Å².